The van der Waals surface area contributed by atoms with Gasteiger partial charge in [0.15, 0.2) is 0 Å². The van der Waals surface area contributed by atoms with E-state index in [1.165, 1.54) is 12.1 Å². The first kappa shape index (κ1) is 16.5. The van der Waals surface area contributed by atoms with Gasteiger partial charge in [0.2, 0.25) is 0 Å². The van der Waals surface area contributed by atoms with E-state index in [2.05, 4.69) is 23.9 Å². The molecule has 0 aromatic heterocycles. The van der Waals surface area contributed by atoms with Crippen LogP contribution >= 0.6 is 0 Å². The Labute approximate surface area is 124 Å². The molecule has 0 aliphatic carbocycles. The summed E-state index contributed by atoms with van der Waals surface area (Å²) in [6.07, 6.45) is 0. The van der Waals surface area contributed by atoms with Gasteiger partial charge in [0.05, 0.1) is 0 Å². The van der Waals surface area contributed by atoms with Gasteiger partial charge in [-0.25, -0.2) is 0 Å². The number of rotatable bonds is 4. The molecular weight excluding hydrogens is 268 g/mol. The number of nitroso groups, excluding NO2 is 1. The molecule has 0 unspecified atom stereocenters. The van der Waals surface area contributed by atoms with Crippen molar-refractivity contribution in [1.82, 2.24) is 0 Å². The van der Waals surface area contributed by atoms with Crippen LogP contribution < -0.4 is 4.90 Å². The zero-order valence-electron chi connectivity index (χ0n) is 12.2. The van der Waals surface area contributed by atoms with Crippen molar-refractivity contribution in [2.45, 2.75) is 13.8 Å². The molecule has 5 nitrogen and oxygen atoms in total. The Morgan fingerprint density at radius 1 is 1.00 bits per heavy atom. The van der Waals surface area contributed by atoms with Crippen LogP contribution in [0.3, 0.4) is 0 Å². The number of anilines is 1. The third-order valence-corrected chi connectivity index (χ3v) is 2.94. The van der Waals surface area contributed by atoms with Crippen LogP contribution in [0.15, 0.2) is 53.7 Å². The first-order valence-electron chi connectivity index (χ1n) is 6.77. The molecule has 0 aliphatic rings. The van der Waals surface area contributed by atoms with Gasteiger partial charge in [-0.1, -0.05) is 18.2 Å². The SMILES string of the molecule is CCN(CC)c1cccc(O)c1.O=Nc1ccccc1O. The van der Waals surface area contributed by atoms with Gasteiger partial charge in [-0.05, 0) is 43.3 Å². The minimum Gasteiger partial charge on any atom is -0.508 e. The van der Waals surface area contributed by atoms with Crippen LogP contribution in [0.4, 0.5) is 11.4 Å². The number of para-hydroxylation sites is 1. The van der Waals surface area contributed by atoms with Crippen molar-refractivity contribution >= 4 is 11.4 Å². The monoisotopic (exact) mass is 288 g/mol. The molecule has 2 aromatic carbocycles. The second-order valence-electron chi connectivity index (χ2n) is 4.27. The summed E-state index contributed by atoms with van der Waals surface area (Å²) < 4.78 is 0. The van der Waals surface area contributed by atoms with Crippen molar-refractivity contribution in [1.29, 1.82) is 0 Å². The summed E-state index contributed by atoms with van der Waals surface area (Å²) >= 11 is 0. The van der Waals surface area contributed by atoms with E-state index in [4.69, 9.17) is 5.11 Å². The Bertz CT molecular complexity index is 569. The first-order chi connectivity index (χ1) is 10.1. The third-order valence-electron chi connectivity index (χ3n) is 2.94. The van der Waals surface area contributed by atoms with E-state index in [1.807, 2.05) is 12.1 Å². The summed E-state index contributed by atoms with van der Waals surface area (Å²) in [6.45, 7) is 6.15. The highest BCUT2D eigenvalue weighted by Gasteiger charge is 2.00. The lowest BCUT2D eigenvalue weighted by Crippen LogP contribution is -2.21. The fourth-order valence-corrected chi connectivity index (χ4v) is 1.82. The molecule has 0 saturated heterocycles. The van der Waals surface area contributed by atoms with Crippen LogP contribution in [0.1, 0.15) is 13.8 Å². The number of hydrogen-bond donors (Lipinski definition) is 2. The first-order valence-corrected chi connectivity index (χ1v) is 6.77. The standard InChI is InChI=1S/C10H15NO.C6H5NO2/c1-3-11(4-2)9-6-5-7-10(12)8-9;8-6-4-2-1-3-5(6)7-9/h5-8,12H,3-4H2,1-2H3;1-4,8H. The van der Waals surface area contributed by atoms with Gasteiger partial charge in [-0.3, -0.25) is 0 Å². The summed E-state index contributed by atoms with van der Waals surface area (Å²) in [4.78, 5) is 12.0. The van der Waals surface area contributed by atoms with Crippen LogP contribution in [0, 0.1) is 4.91 Å². The van der Waals surface area contributed by atoms with Gasteiger partial charge in [0.25, 0.3) is 0 Å². The van der Waals surface area contributed by atoms with Crippen molar-refractivity contribution in [2.75, 3.05) is 18.0 Å². The molecule has 2 N–H and O–H groups in total. The van der Waals surface area contributed by atoms with Crippen LogP contribution in [0.5, 0.6) is 11.5 Å². The van der Waals surface area contributed by atoms with E-state index in [-0.39, 0.29) is 11.4 Å². The highest BCUT2D eigenvalue weighted by atomic mass is 16.3. The van der Waals surface area contributed by atoms with Gasteiger partial charge >= 0.3 is 0 Å². The fourth-order valence-electron chi connectivity index (χ4n) is 1.82. The Kier molecular flexibility index (Phi) is 6.74. The predicted octanol–water partition coefficient (Wildman–Crippen LogP) is 4.03. The summed E-state index contributed by atoms with van der Waals surface area (Å²) in [5, 5.41) is 20.6. The topological polar surface area (TPSA) is 73.1 Å². The zero-order valence-corrected chi connectivity index (χ0v) is 12.2. The van der Waals surface area contributed by atoms with Crippen LogP contribution in [-0.2, 0) is 0 Å². The smallest absolute Gasteiger partial charge is 0.149 e. The Hall–Kier alpha value is -2.56. The Balaban J connectivity index is 0.000000219. The van der Waals surface area contributed by atoms with E-state index in [9.17, 15) is 10.0 Å². The van der Waals surface area contributed by atoms with E-state index < -0.39 is 0 Å². The van der Waals surface area contributed by atoms with E-state index in [0.29, 0.717) is 5.75 Å². The van der Waals surface area contributed by atoms with E-state index in [0.717, 1.165) is 18.8 Å². The van der Waals surface area contributed by atoms with Crippen molar-refractivity contribution in [2.24, 2.45) is 5.18 Å². The largest absolute Gasteiger partial charge is 0.508 e. The van der Waals surface area contributed by atoms with Crippen LogP contribution in [0.2, 0.25) is 0 Å². The third kappa shape index (κ3) is 5.14. The number of nitrogens with zero attached hydrogens (tertiary/aromatic N) is 2. The molecule has 0 saturated carbocycles. The van der Waals surface area contributed by atoms with E-state index >= 15 is 0 Å². The average molecular weight is 288 g/mol. The summed E-state index contributed by atoms with van der Waals surface area (Å²) in [5.41, 5.74) is 1.16. The predicted molar refractivity (Wildman–Crippen MR) is 85.2 cm³/mol. The van der Waals surface area contributed by atoms with Crippen molar-refractivity contribution in [3.63, 3.8) is 0 Å². The molecule has 0 aliphatic heterocycles. The lowest BCUT2D eigenvalue weighted by atomic mass is 10.2. The summed E-state index contributed by atoms with van der Waals surface area (Å²) in [6, 6.07) is 13.5. The molecule has 0 atom stereocenters. The summed E-state index contributed by atoms with van der Waals surface area (Å²) in [5.74, 6) is 0.256. The molecule has 0 radical (unpaired) electrons. The highest BCUT2D eigenvalue weighted by molar-refractivity contribution is 5.50. The minimum atomic E-state index is -0.0764. The maximum absolute atomic E-state index is 9.82. The van der Waals surface area contributed by atoms with Gasteiger partial charge in [-0.15, -0.1) is 4.91 Å². The molecule has 5 heteroatoms. The van der Waals surface area contributed by atoms with Crippen LogP contribution in [0.25, 0.3) is 0 Å². The average Bonchev–Trinajstić information content (AvgIpc) is 2.50. The lowest BCUT2D eigenvalue weighted by molar-refractivity contribution is 0.475. The lowest BCUT2D eigenvalue weighted by Gasteiger charge is -2.20. The molecule has 2 rings (SSSR count). The fraction of sp³-hybridized carbons (Fsp3) is 0.250. The number of hydrogen-bond acceptors (Lipinski definition) is 5. The Morgan fingerprint density at radius 2 is 1.67 bits per heavy atom. The van der Waals surface area contributed by atoms with Gasteiger partial charge < -0.3 is 15.1 Å². The van der Waals surface area contributed by atoms with Gasteiger partial charge in [0, 0.05) is 24.8 Å². The van der Waals surface area contributed by atoms with E-state index in [1.54, 1.807) is 24.3 Å². The minimum absolute atomic E-state index is 0.0764. The van der Waals surface area contributed by atoms with Crippen molar-refractivity contribution in [3.05, 3.63) is 53.4 Å². The summed E-state index contributed by atoms with van der Waals surface area (Å²) in [7, 11) is 0. The highest BCUT2D eigenvalue weighted by Crippen LogP contribution is 2.23. The van der Waals surface area contributed by atoms with Gasteiger partial charge in [-0.2, -0.15) is 0 Å². The maximum atomic E-state index is 9.82. The zero-order chi connectivity index (χ0) is 15.7. The number of phenolic OH excluding ortho intramolecular Hbond substituents is 2. The number of phenols is 2. The molecule has 2 aromatic rings. The number of aromatic hydroxyl groups is 2. The van der Waals surface area contributed by atoms with Gasteiger partial charge in [0.1, 0.15) is 17.2 Å². The molecule has 0 spiro atoms. The Morgan fingerprint density at radius 3 is 2.14 bits per heavy atom. The number of benzene rings is 2. The molecule has 112 valence electrons. The molecule has 21 heavy (non-hydrogen) atoms. The van der Waals surface area contributed by atoms with Crippen LogP contribution in [-0.4, -0.2) is 23.3 Å². The normalized spacial score (nSPS) is 9.43. The molecule has 0 heterocycles. The second-order valence-corrected chi connectivity index (χ2v) is 4.27. The molecule has 0 bridgehead atoms. The quantitative estimate of drug-likeness (QED) is 0.833. The second kappa shape index (κ2) is 8.58. The molecule has 0 fully saturated rings. The maximum Gasteiger partial charge on any atom is 0.149 e. The van der Waals surface area contributed by atoms with Crippen molar-refractivity contribution < 1.29 is 10.2 Å². The molecule has 0 amide bonds. The molecular formula is C16H20N2O3. The van der Waals surface area contributed by atoms with Crippen molar-refractivity contribution in [3.8, 4) is 11.5 Å².